The first kappa shape index (κ1) is 10.9. The molecule has 1 heterocycles. The number of allylic oxidation sites excluding steroid dienone is 1. The van der Waals surface area contributed by atoms with Crippen LogP contribution in [0.1, 0.15) is 0 Å². The van der Waals surface area contributed by atoms with Crippen LogP contribution in [0.4, 0.5) is 0 Å². The number of nitriles is 1. The largest absolute Gasteiger partial charge is 0.378 e. The molecule has 0 aromatic heterocycles. The van der Waals surface area contributed by atoms with Gasteiger partial charge in [-0.2, -0.15) is 5.26 Å². The molecule has 1 rings (SSSR count). The molecule has 0 bridgehead atoms. The molecule has 0 radical (unpaired) electrons. The lowest BCUT2D eigenvalue weighted by Gasteiger charge is -2.19. The number of hydrogen-bond donors (Lipinski definition) is 0. The van der Waals surface area contributed by atoms with Gasteiger partial charge in [0.2, 0.25) is 0 Å². The fourth-order valence-corrected chi connectivity index (χ4v) is 0.893. The van der Waals surface area contributed by atoms with Gasteiger partial charge in [0, 0.05) is 26.0 Å². The molecule has 0 fully saturated rings. The first-order valence-electron chi connectivity index (χ1n) is 3.46. The first-order chi connectivity index (χ1) is 5.24. The van der Waals surface area contributed by atoms with Crippen LogP contribution in [-0.2, 0) is 0 Å². The predicted molar refractivity (Wildman–Crippen MR) is 50.5 cm³/mol. The van der Waals surface area contributed by atoms with E-state index in [0.29, 0.717) is 6.54 Å². The Hall–Kier alpha value is -1.14. The Morgan fingerprint density at radius 1 is 1.58 bits per heavy atom. The Bertz CT molecular complexity index is 237. The third-order valence-electron chi connectivity index (χ3n) is 1.57. The zero-order valence-electron chi connectivity index (χ0n) is 7.19. The second kappa shape index (κ2) is 4.68. The van der Waals surface area contributed by atoms with Crippen LogP contribution in [-0.4, -0.2) is 30.4 Å². The van der Waals surface area contributed by atoms with Crippen molar-refractivity contribution in [2.24, 2.45) is 0 Å². The summed E-state index contributed by atoms with van der Waals surface area (Å²) in [6.07, 6.45) is 7.77. The van der Waals surface area contributed by atoms with Crippen molar-refractivity contribution in [3.05, 3.63) is 24.0 Å². The number of hydrogen-bond acceptors (Lipinski definition) is 3. The molecule has 0 amide bonds. The van der Waals surface area contributed by atoms with Crippen molar-refractivity contribution in [2.45, 2.75) is 0 Å². The number of halogens is 1. The lowest BCUT2D eigenvalue weighted by Crippen LogP contribution is -2.18. The molecule has 0 saturated carbocycles. The summed E-state index contributed by atoms with van der Waals surface area (Å²) in [7, 11) is 3.97. The van der Waals surface area contributed by atoms with E-state index < -0.39 is 0 Å². The summed E-state index contributed by atoms with van der Waals surface area (Å²) in [5.74, 6) is 0. The van der Waals surface area contributed by atoms with Crippen molar-refractivity contribution in [3.8, 4) is 6.19 Å². The van der Waals surface area contributed by atoms with Crippen molar-refractivity contribution in [1.82, 2.24) is 9.80 Å². The van der Waals surface area contributed by atoms with Crippen molar-refractivity contribution in [3.63, 3.8) is 0 Å². The van der Waals surface area contributed by atoms with Crippen molar-refractivity contribution < 1.29 is 0 Å². The molecule has 0 aliphatic carbocycles. The van der Waals surface area contributed by atoms with Crippen LogP contribution in [0.2, 0.25) is 0 Å². The highest BCUT2D eigenvalue weighted by Crippen LogP contribution is 2.07. The maximum Gasteiger partial charge on any atom is 0.184 e. The minimum absolute atomic E-state index is 0. The van der Waals surface area contributed by atoms with E-state index in [-0.39, 0.29) is 12.4 Å². The van der Waals surface area contributed by atoms with Crippen LogP contribution in [0.5, 0.6) is 0 Å². The SMILES string of the molecule is CN(C)C1=CCN(C#N)C=C1.Cl. The van der Waals surface area contributed by atoms with Gasteiger partial charge in [-0.15, -0.1) is 12.4 Å². The van der Waals surface area contributed by atoms with Gasteiger partial charge in [0.25, 0.3) is 0 Å². The minimum atomic E-state index is 0. The zero-order valence-corrected chi connectivity index (χ0v) is 8.01. The smallest absolute Gasteiger partial charge is 0.184 e. The van der Waals surface area contributed by atoms with Gasteiger partial charge in [0.1, 0.15) is 0 Å². The number of likely N-dealkylation sites (N-methyl/N-ethyl adjacent to an activating group) is 1. The maximum atomic E-state index is 8.50. The topological polar surface area (TPSA) is 30.3 Å². The average molecular weight is 186 g/mol. The van der Waals surface area contributed by atoms with Crippen LogP contribution in [0.3, 0.4) is 0 Å². The molecule has 0 atom stereocenters. The van der Waals surface area contributed by atoms with E-state index in [1.165, 1.54) is 0 Å². The first-order valence-corrected chi connectivity index (χ1v) is 3.46. The molecule has 0 N–H and O–H groups in total. The Labute approximate surface area is 79.0 Å². The summed E-state index contributed by atoms with van der Waals surface area (Å²) in [6.45, 7) is 0.681. The van der Waals surface area contributed by atoms with E-state index in [2.05, 4.69) is 0 Å². The fourth-order valence-electron chi connectivity index (χ4n) is 0.893. The van der Waals surface area contributed by atoms with Gasteiger partial charge < -0.3 is 4.90 Å². The zero-order chi connectivity index (χ0) is 8.27. The molecule has 0 aromatic rings. The maximum absolute atomic E-state index is 8.50. The lowest BCUT2D eigenvalue weighted by atomic mass is 10.3. The molecular weight excluding hydrogens is 174 g/mol. The normalized spacial score (nSPS) is 14.4. The summed E-state index contributed by atoms with van der Waals surface area (Å²) in [4.78, 5) is 3.60. The van der Waals surface area contributed by atoms with E-state index >= 15 is 0 Å². The van der Waals surface area contributed by atoms with Gasteiger partial charge in [0.15, 0.2) is 6.19 Å². The predicted octanol–water partition coefficient (Wildman–Crippen LogP) is 1.16. The molecule has 3 nitrogen and oxygen atoms in total. The van der Waals surface area contributed by atoms with Crippen molar-refractivity contribution >= 4 is 12.4 Å². The van der Waals surface area contributed by atoms with Gasteiger partial charge in [-0.25, -0.2) is 0 Å². The van der Waals surface area contributed by atoms with Crippen LogP contribution in [0, 0.1) is 11.5 Å². The average Bonchev–Trinajstić information content (AvgIpc) is 2.05. The van der Waals surface area contributed by atoms with Crippen LogP contribution < -0.4 is 0 Å². The molecule has 0 unspecified atom stereocenters. The molecular formula is C8H12ClN3. The Balaban J connectivity index is 0.00000121. The quantitative estimate of drug-likeness (QED) is 0.575. The van der Waals surface area contributed by atoms with Gasteiger partial charge in [0.05, 0.1) is 6.54 Å². The molecule has 0 saturated heterocycles. The molecule has 66 valence electrons. The van der Waals surface area contributed by atoms with E-state index in [0.717, 1.165) is 5.70 Å². The van der Waals surface area contributed by atoms with Gasteiger partial charge >= 0.3 is 0 Å². The monoisotopic (exact) mass is 185 g/mol. The summed E-state index contributed by atoms with van der Waals surface area (Å²) in [6, 6.07) is 0. The van der Waals surface area contributed by atoms with E-state index in [9.17, 15) is 0 Å². The lowest BCUT2D eigenvalue weighted by molar-refractivity contribution is 0.498. The molecule has 12 heavy (non-hydrogen) atoms. The summed E-state index contributed by atoms with van der Waals surface area (Å²) in [5, 5.41) is 8.50. The molecule has 0 spiro atoms. The van der Waals surface area contributed by atoms with Gasteiger partial charge in [-0.3, -0.25) is 4.90 Å². The summed E-state index contributed by atoms with van der Waals surface area (Å²) < 4.78 is 0. The highest BCUT2D eigenvalue weighted by Gasteiger charge is 2.03. The van der Waals surface area contributed by atoms with Crippen LogP contribution in [0.15, 0.2) is 24.0 Å². The highest BCUT2D eigenvalue weighted by molar-refractivity contribution is 5.85. The van der Waals surface area contributed by atoms with E-state index in [1.54, 1.807) is 11.1 Å². The number of nitrogens with zero attached hydrogens (tertiary/aromatic N) is 3. The van der Waals surface area contributed by atoms with Crippen molar-refractivity contribution in [1.29, 1.82) is 5.26 Å². The summed E-state index contributed by atoms with van der Waals surface area (Å²) in [5.41, 5.74) is 1.15. The van der Waals surface area contributed by atoms with E-state index in [4.69, 9.17) is 5.26 Å². The third kappa shape index (κ3) is 2.48. The molecule has 1 aliphatic rings. The Morgan fingerprint density at radius 3 is 2.58 bits per heavy atom. The third-order valence-corrected chi connectivity index (χ3v) is 1.57. The minimum Gasteiger partial charge on any atom is -0.378 e. The second-order valence-corrected chi connectivity index (χ2v) is 2.59. The van der Waals surface area contributed by atoms with Crippen LogP contribution in [0.25, 0.3) is 0 Å². The molecule has 4 heteroatoms. The Morgan fingerprint density at radius 2 is 2.25 bits per heavy atom. The summed E-state index contributed by atoms with van der Waals surface area (Å²) >= 11 is 0. The molecule has 1 aliphatic heterocycles. The van der Waals surface area contributed by atoms with Gasteiger partial charge in [-0.05, 0) is 12.2 Å². The van der Waals surface area contributed by atoms with E-state index in [1.807, 2.05) is 37.3 Å². The van der Waals surface area contributed by atoms with Crippen molar-refractivity contribution in [2.75, 3.05) is 20.6 Å². The highest BCUT2D eigenvalue weighted by atomic mass is 35.5. The van der Waals surface area contributed by atoms with Crippen LogP contribution >= 0.6 is 12.4 Å². The molecule has 0 aromatic carbocycles. The fraction of sp³-hybridized carbons (Fsp3) is 0.375. The second-order valence-electron chi connectivity index (χ2n) is 2.59. The Kier molecular flexibility index (Phi) is 4.24. The standard InChI is InChI=1S/C8H11N3.ClH/c1-10(2)8-3-5-11(7-9)6-4-8;/h3-5H,6H2,1-2H3;1H. The van der Waals surface area contributed by atoms with Gasteiger partial charge in [-0.1, -0.05) is 0 Å². The number of rotatable bonds is 1.